The van der Waals surface area contributed by atoms with Gasteiger partial charge in [-0.2, -0.15) is 0 Å². The Kier molecular flexibility index (Phi) is 5.13. The number of carbonyl (C=O) groups excluding carboxylic acids is 2. The monoisotopic (exact) mass is 246 g/mol. The van der Waals surface area contributed by atoms with Crippen LogP contribution in [0.1, 0.15) is 0 Å². The van der Waals surface area contributed by atoms with Gasteiger partial charge < -0.3 is 10.1 Å². The summed E-state index contributed by atoms with van der Waals surface area (Å²) in [5.41, 5.74) is 0. The molecule has 0 aliphatic rings. The van der Waals surface area contributed by atoms with Gasteiger partial charge in [0.05, 0.1) is 18.6 Å². The molecule has 0 aromatic carbocycles. The zero-order chi connectivity index (χ0) is 11.1. The minimum Gasteiger partial charge on any atom is -0.468 e. The number of methoxy groups -OCH3 is 1. The van der Waals surface area contributed by atoms with E-state index < -0.39 is 0 Å². The summed E-state index contributed by atoms with van der Waals surface area (Å²) in [6.07, 6.45) is 1.61. The third-order valence-electron chi connectivity index (χ3n) is 1.36. The first-order chi connectivity index (χ1) is 7.22. The van der Waals surface area contributed by atoms with E-state index in [-0.39, 0.29) is 23.4 Å². The second-order valence-corrected chi connectivity index (χ2v) is 4.33. The van der Waals surface area contributed by atoms with Gasteiger partial charge in [0, 0.05) is 11.6 Å². The molecular formula is C8H10N2O3S2. The largest absolute Gasteiger partial charge is 0.468 e. The Bertz CT molecular complexity index is 327. The summed E-state index contributed by atoms with van der Waals surface area (Å²) in [6.45, 7) is 0. The molecular weight excluding hydrogens is 236 g/mol. The van der Waals surface area contributed by atoms with Crippen LogP contribution in [0.15, 0.2) is 11.6 Å². The summed E-state index contributed by atoms with van der Waals surface area (Å²) in [6, 6.07) is 0. The van der Waals surface area contributed by atoms with E-state index in [1.807, 2.05) is 0 Å². The maximum absolute atomic E-state index is 11.3. The van der Waals surface area contributed by atoms with Crippen molar-refractivity contribution in [2.75, 3.05) is 23.9 Å². The molecule has 7 heteroatoms. The molecule has 15 heavy (non-hydrogen) atoms. The highest BCUT2D eigenvalue weighted by Gasteiger charge is 2.06. The number of rotatable bonds is 5. The van der Waals surface area contributed by atoms with Crippen LogP contribution in [-0.2, 0) is 14.3 Å². The van der Waals surface area contributed by atoms with Crippen molar-refractivity contribution >= 4 is 40.1 Å². The zero-order valence-electron chi connectivity index (χ0n) is 8.06. The van der Waals surface area contributed by atoms with E-state index in [0.717, 1.165) is 0 Å². The third-order valence-corrected chi connectivity index (χ3v) is 2.95. The van der Waals surface area contributed by atoms with E-state index in [1.54, 1.807) is 11.6 Å². The molecule has 1 amide bonds. The molecule has 0 aliphatic carbocycles. The van der Waals surface area contributed by atoms with Gasteiger partial charge in [-0.3, -0.25) is 9.59 Å². The van der Waals surface area contributed by atoms with Crippen LogP contribution in [0.2, 0.25) is 0 Å². The average molecular weight is 246 g/mol. The van der Waals surface area contributed by atoms with Crippen LogP contribution in [0, 0.1) is 0 Å². The van der Waals surface area contributed by atoms with Crippen LogP contribution in [0.25, 0.3) is 0 Å². The Hall–Kier alpha value is -1.08. The Morgan fingerprint density at radius 3 is 3.00 bits per heavy atom. The van der Waals surface area contributed by atoms with Crippen molar-refractivity contribution in [1.82, 2.24) is 4.98 Å². The van der Waals surface area contributed by atoms with E-state index >= 15 is 0 Å². The molecule has 0 saturated carbocycles. The zero-order valence-corrected chi connectivity index (χ0v) is 9.69. The van der Waals surface area contributed by atoms with Crippen molar-refractivity contribution in [3.05, 3.63) is 11.6 Å². The number of hydrogen-bond acceptors (Lipinski definition) is 6. The number of ether oxygens (including phenoxy) is 1. The summed E-state index contributed by atoms with van der Waals surface area (Å²) in [7, 11) is 1.32. The number of hydrogen-bond donors (Lipinski definition) is 1. The van der Waals surface area contributed by atoms with Gasteiger partial charge in [-0.05, 0) is 0 Å². The van der Waals surface area contributed by atoms with Crippen LogP contribution in [0.5, 0.6) is 0 Å². The van der Waals surface area contributed by atoms with Gasteiger partial charge in [-0.1, -0.05) is 0 Å². The highest BCUT2D eigenvalue weighted by molar-refractivity contribution is 8.00. The highest BCUT2D eigenvalue weighted by atomic mass is 32.2. The van der Waals surface area contributed by atoms with Crippen molar-refractivity contribution in [2.45, 2.75) is 0 Å². The maximum Gasteiger partial charge on any atom is 0.315 e. The van der Waals surface area contributed by atoms with E-state index in [2.05, 4.69) is 15.0 Å². The standard InChI is InChI=1S/C8H10N2O3S2/c1-13-7(12)5-14-4-6(11)10-8-9-2-3-15-8/h2-3H,4-5H2,1H3,(H,9,10,11). The quantitative estimate of drug-likeness (QED) is 0.785. The number of thioether (sulfide) groups is 1. The van der Waals surface area contributed by atoms with Gasteiger partial charge in [0.25, 0.3) is 0 Å². The van der Waals surface area contributed by atoms with E-state index in [1.165, 1.54) is 30.2 Å². The average Bonchev–Trinajstić information content (AvgIpc) is 2.70. The van der Waals surface area contributed by atoms with Crippen LogP contribution in [0.3, 0.4) is 0 Å². The summed E-state index contributed by atoms with van der Waals surface area (Å²) >= 11 is 2.56. The Morgan fingerprint density at radius 2 is 2.40 bits per heavy atom. The van der Waals surface area contributed by atoms with Crippen molar-refractivity contribution in [3.8, 4) is 0 Å². The van der Waals surface area contributed by atoms with E-state index in [4.69, 9.17) is 0 Å². The Labute approximate surface area is 95.2 Å². The fraction of sp³-hybridized carbons (Fsp3) is 0.375. The number of carbonyl (C=O) groups is 2. The third kappa shape index (κ3) is 4.80. The lowest BCUT2D eigenvalue weighted by atomic mass is 10.7. The van der Waals surface area contributed by atoms with E-state index in [0.29, 0.717) is 5.13 Å². The minimum atomic E-state index is -0.331. The maximum atomic E-state index is 11.3. The van der Waals surface area contributed by atoms with Crippen molar-refractivity contribution < 1.29 is 14.3 Å². The second-order valence-electron chi connectivity index (χ2n) is 2.45. The number of esters is 1. The molecule has 0 bridgehead atoms. The predicted molar refractivity (Wildman–Crippen MR) is 60.1 cm³/mol. The SMILES string of the molecule is COC(=O)CSCC(=O)Nc1nccs1. The molecule has 0 radical (unpaired) electrons. The van der Waals surface area contributed by atoms with Gasteiger partial charge >= 0.3 is 5.97 Å². The lowest BCUT2D eigenvalue weighted by Crippen LogP contribution is -2.15. The van der Waals surface area contributed by atoms with Gasteiger partial charge in [0.15, 0.2) is 5.13 Å². The van der Waals surface area contributed by atoms with Crippen molar-refractivity contribution in [3.63, 3.8) is 0 Å². The molecule has 0 atom stereocenters. The molecule has 0 unspecified atom stereocenters. The van der Waals surface area contributed by atoms with Crippen molar-refractivity contribution in [2.24, 2.45) is 0 Å². The Balaban J connectivity index is 2.17. The van der Waals surface area contributed by atoms with Gasteiger partial charge in [-0.15, -0.1) is 23.1 Å². The normalized spacial score (nSPS) is 9.67. The molecule has 0 fully saturated rings. The van der Waals surface area contributed by atoms with Gasteiger partial charge in [0.1, 0.15) is 0 Å². The van der Waals surface area contributed by atoms with E-state index in [9.17, 15) is 9.59 Å². The fourth-order valence-electron chi connectivity index (χ4n) is 0.727. The number of nitrogens with zero attached hydrogens (tertiary/aromatic N) is 1. The topological polar surface area (TPSA) is 68.3 Å². The van der Waals surface area contributed by atoms with Crippen LogP contribution >= 0.6 is 23.1 Å². The molecule has 82 valence electrons. The Morgan fingerprint density at radius 1 is 1.60 bits per heavy atom. The molecule has 1 aromatic heterocycles. The summed E-state index contributed by atoms with van der Waals surface area (Å²) in [4.78, 5) is 25.9. The van der Waals surface area contributed by atoms with Crippen LogP contribution in [0.4, 0.5) is 5.13 Å². The number of anilines is 1. The second kappa shape index (κ2) is 6.41. The summed E-state index contributed by atoms with van der Waals surface area (Å²) in [5, 5.41) is 4.95. The van der Waals surface area contributed by atoms with Crippen LogP contribution in [-0.4, -0.2) is 35.5 Å². The predicted octanol–water partition coefficient (Wildman–Crippen LogP) is 0.988. The molecule has 0 spiro atoms. The first kappa shape index (κ1) is 12.0. The number of aromatic nitrogens is 1. The first-order valence-corrected chi connectivity index (χ1v) is 6.09. The molecule has 0 aliphatic heterocycles. The van der Waals surface area contributed by atoms with Gasteiger partial charge in [-0.25, -0.2) is 4.98 Å². The summed E-state index contributed by atoms with van der Waals surface area (Å²) in [5.74, 6) is -0.0999. The number of nitrogens with one attached hydrogen (secondary N) is 1. The number of amides is 1. The lowest BCUT2D eigenvalue weighted by Gasteiger charge is -2.00. The molecule has 1 rings (SSSR count). The fourth-order valence-corrected chi connectivity index (χ4v) is 1.92. The smallest absolute Gasteiger partial charge is 0.315 e. The number of thiazole rings is 1. The molecule has 1 aromatic rings. The minimum absolute atomic E-state index is 0.168. The lowest BCUT2D eigenvalue weighted by molar-refractivity contribution is -0.137. The molecule has 0 saturated heterocycles. The molecule has 1 N–H and O–H groups in total. The molecule has 5 nitrogen and oxygen atoms in total. The van der Waals surface area contributed by atoms with Crippen LogP contribution < -0.4 is 5.32 Å². The van der Waals surface area contributed by atoms with Gasteiger partial charge in [0.2, 0.25) is 5.91 Å². The molecule has 1 heterocycles. The van der Waals surface area contributed by atoms with Crippen molar-refractivity contribution in [1.29, 1.82) is 0 Å². The highest BCUT2D eigenvalue weighted by Crippen LogP contribution is 2.11. The summed E-state index contributed by atoms with van der Waals surface area (Å²) < 4.78 is 4.44. The first-order valence-electron chi connectivity index (χ1n) is 4.06.